The summed E-state index contributed by atoms with van der Waals surface area (Å²) >= 11 is 6.01. The van der Waals surface area contributed by atoms with E-state index in [0.29, 0.717) is 55.1 Å². The lowest BCUT2D eigenvalue weighted by molar-refractivity contribution is -0.156. The number of halogens is 1. The number of carbonyl (C=O) groups excluding carboxylic acids is 6. The topological polar surface area (TPSA) is 233 Å². The van der Waals surface area contributed by atoms with Gasteiger partial charge in [0.25, 0.3) is 17.7 Å². The molecule has 1 unspecified atom stereocenters. The van der Waals surface area contributed by atoms with E-state index in [9.17, 15) is 28.8 Å². The number of nitrogens with two attached hydrogens (primary N) is 1. The third-order valence-electron chi connectivity index (χ3n) is 14.7. The van der Waals surface area contributed by atoms with Gasteiger partial charge in [0.15, 0.2) is 6.73 Å². The van der Waals surface area contributed by atoms with Gasteiger partial charge < -0.3 is 48.7 Å². The van der Waals surface area contributed by atoms with Crippen molar-refractivity contribution in [2.45, 2.75) is 71.9 Å². The number of anilines is 2. The second-order valence-corrected chi connectivity index (χ2v) is 21.6. The van der Waals surface area contributed by atoms with Gasteiger partial charge in [-0.2, -0.15) is 5.26 Å². The molecule has 4 fully saturated rings. The average molecular weight is 1090 g/mol. The molecule has 8 rings (SSSR count). The summed E-state index contributed by atoms with van der Waals surface area (Å²) in [4.78, 5) is 85.7. The molecule has 3 saturated heterocycles. The number of primary amides is 1. The molecule has 4 heterocycles. The number of methoxy groups -OCH3 is 1. The molecule has 0 aromatic heterocycles. The van der Waals surface area contributed by atoms with Crippen molar-refractivity contribution in [2.24, 2.45) is 22.5 Å². The number of benzene rings is 3. The maximum absolute atomic E-state index is 13.7. The molecule has 20 nitrogen and oxygen atoms in total. The lowest BCUT2D eigenvalue weighted by Gasteiger charge is -2.56. The maximum Gasteiger partial charge on any atom is 0.510 e. The van der Waals surface area contributed by atoms with Gasteiger partial charge in [-0.3, -0.25) is 33.8 Å². The molecule has 416 valence electrons. The van der Waals surface area contributed by atoms with E-state index < -0.39 is 48.5 Å². The van der Waals surface area contributed by atoms with Crippen molar-refractivity contribution in [1.82, 2.24) is 14.7 Å². The number of hydrogen-bond donors (Lipinski definition) is 1. The van der Waals surface area contributed by atoms with Crippen LogP contribution in [0.2, 0.25) is 5.02 Å². The van der Waals surface area contributed by atoms with Crippen LogP contribution in [0.4, 0.5) is 16.2 Å². The molecule has 2 N–H and O–H groups in total. The normalized spacial score (nSPS) is 19.5. The van der Waals surface area contributed by atoms with Gasteiger partial charge in [0.2, 0.25) is 11.8 Å². The predicted molar refractivity (Wildman–Crippen MR) is 285 cm³/mol. The van der Waals surface area contributed by atoms with Gasteiger partial charge in [0.1, 0.15) is 30.6 Å². The standard InChI is InChI=1S/C41H54N6O12.C15H18ClNO/c1-54-18-19-55-20-21-56-22-23-57-24-25-58-41(53)59-28-46-36(48)9-8-35(40(46)52)47-38(50)33-7-6-32(26-34(33)39(47)51)45-16-14-43(15-17-45)27-29-10-12-44(13-11-29)31-4-2-30(3-5-31)37(42)49;1-14(2)9-15(3,4)13(14)18-11-6-5-10(8-17)12(16)7-11/h2-7,26,29,35H,8-25,27-28H2,1H3,(H2,42,49);5-7,13H,9H2,1-4H3. The van der Waals surface area contributed by atoms with Crippen molar-refractivity contribution in [2.75, 3.05) is 122 Å². The van der Waals surface area contributed by atoms with Crippen LogP contribution in [-0.4, -0.2) is 175 Å². The Bertz CT molecular complexity index is 2600. The number of piperidine rings is 2. The molecule has 1 aliphatic carbocycles. The fourth-order valence-corrected chi connectivity index (χ4v) is 11.3. The number of amides is 5. The van der Waals surface area contributed by atoms with Crippen LogP contribution in [0.15, 0.2) is 60.7 Å². The van der Waals surface area contributed by atoms with Crippen LogP contribution < -0.4 is 20.3 Å². The highest BCUT2D eigenvalue weighted by Gasteiger charge is 2.55. The fourth-order valence-electron chi connectivity index (χ4n) is 11.1. The second kappa shape index (κ2) is 26.8. The number of rotatable bonds is 22. The minimum atomic E-state index is -1.23. The molecule has 5 amide bonds. The molecular formula is C56H72ClN7O13. The third-order valence-corrected chi connectivity index (χ3v) is 15.0. The van der Waals surface area contributed by atoms with Gasteiger partial charge in [-0.25, -0.2) is 9.69 Å². The molecule has 5 aliphatic rings. The molecular weight excluding hydrogens is 1010 g/mol. The van der Waals surface area contributed by atoms with Crippen LogP contribution in [0.5, 0.6) is 5.75 Å². The van der Waals surface area contributed by atoms with Crippen LogP contribution in [0, 0.1) is 28.1 Å². The van der Waals surface area contributed by atoms with E-state index in [1.807, 2.05) is 30.3 Å². The Morgan fingerprint density at radius 3 is 1.91 bits per heavy atom. The summed E-state index contributed by atoms with van der Waals surface area (Å²) < 4.78 is 36.9. The zero-order chi connectivity index (χ0) is 55.3. The number of nitriles is 1. The molecule has 3 aromatic carbocycles. The monoisotopic (exact) mass is 1090 g/mol. The first-order chi connectivity index (χ1) is 36.9. The minimum absolute atomic E-state index is 0.0378. The second-order valence-electron chi connectivity index (χ2n) is 21.2. The number of piperazine rings is 1. The summed E-state index contributed by atoms with van der Waals surface area (Å²) in [5.41, 5.74) is 9.06. The summed E-state index contributed by atoms with van der Waals surface area (Å²) in [6.07, 6.45) is 2.20. The van der Waals surface area contributed by atoms with Gasteiger partial charge in [-0.05, 0) is 86.2 Å². The van der Waals surface area contributed by atoms with Gasteiger partial charge in [-0.15, -0.1) is 0 Å². The van der Waals surface area contributed by atoms with E-state index in [2.05, 4.69) is 42.4 Å². The summed E-state index contributed by atoms with van der Waals surface area (Å²) in [6, 6.07) is 18.7. The Labute approximate surface area is 455 Å². The van der Waals surface area contributed by atoms with Crippen LogP contribution >= 0.6 is 11.6 Å². The number of nitrogens with zero attached hydrogens (tertiary/aromatic N) is 6. The van der Waals surface area contributed by atoms with E-state index in [4.69, 9.17) is 55.8 Å². The third kappa shape index (κ3) is 15.0. The highest BCUT2D eigenvalue weighted by Crippen LogP contribution is 2.55. The number of fused-ring (bicyclic) bond motifs is 1. The summed E-state index contributed by atoms with van der Waals surface area (Å²) in [5.74, 6) is -1.72. The number of imide groups is 2. The van der Waals surface area contributed by atoms with Crippen LogP contribution in [0.3, 0.4) is 0 Å². The van der Waals surface area contributed by atoms with Crippen molar-refractivity contribution in [1.29, 1.82) is 5.26 Å². The van der Waals surface area contributed by atoms with Crippen molar-refractivity contribution in [3.63, 3.8) is 0 Å². The maximum atomic E-state index is 13.7. The van der Waals surface area contributed by atoms with Crippen molar-refractivity contribution in [3.8, 4) is 11.8 Å². The fraction of sp³-hybridized carbons (Fsp3) is 0.554. The smallest absolute Gasteiger partial charge is 0.489 e. The molecule has 3 aromatic rings. The van der Waals surface area contributed by atoms with Gasteiger partial charge in [0, 0.05) is 93.2 Å². The van der Waals surface area contributed by atoms with E-state index in [1.54, 1.807) is 43.5 Å². The first-order valence-corrected chi connectivity index (χ1v) is 26.6. The number of carbonyl (C=O) groups is 6. The van der Waals surface area contributed by atoms with E-state index >= 15 is 0 Å². The Kier molecular flexibility index (Phi) is 20.3. The molecule has 0 bridgehead atoms. The Balaban J connectivity index is 0.000000402. The quantitative estimate of drug-likeness (QED) is 0.0674. The summed E-state index contributed by atoms with van der Waals surface area (Å²) in [6.45, 7) is 16.7. The lowest BCUT2D eigenvalue weighted by Crippen LogP contribution is -2.58. The van der Waals surface area contributed by atoms with Crippen molar-refractivity contribution in [3.05, 3.63) is 87.9 Å². The first kappa shape index (κ1) is 58.3. The molecule has 1 atom stereocenters. The van der Waals surface area contributed by atoms with Gasteiger partial charge in [0.05, 0.1) is 68.0 Å². The average Bonchev–Trinajstić information content (AvgIpc) is 3.82. The van der Waals surface area contributed by atoms with E-state index in [0.717, 1.165) is 92.0 Å². The largest absolute Gasteiger partial charge is 0.510 e. The zero-order valence-electron chi connectivity index (χ0n) is 44.8. The van der Waals surface area contributed by atoms with Crippen molar-refractivity contribution < 1.29 is 61.9 Å². The Morgan fingerprint density at radius 1 is 0.714 bits per heavy atom. The number of likely N-dealkylation sites (tertiary alicyclic amines) is 1. The highest BCUT2D eigenvalue weighted by atomic mass is 35.5. The molecule has 77 heavy (non-hydrogen) atoms. The number of ether oxygens (including phenoxy) is 7. The zero-order valence-corrected chi connectivity index (χ0v) is 45.6. The first-order valence-electron chi connectivity index (χ1n) is 26.3. The van der Waals surface area contributed by atoms with E-state index in [1.165, 1.54) is 0 Å². The Morgan fingerprint density at radius 2 is 1.31 bits per heavy atom. The molecule has 4 aliphatic heterocycles. The van der Waals surface area contributed by atoms with Crippen LogP contribution in [0.1, 0.15) is 96.4 Å². The predicted octanol–water partition coefficient (Wildman–Crippen LogP) is 6.16. The molecule has 1 saturated carbocycles. The minimum Gasteiger partial charge on any atom is -0.489 e. The van der Waals surface area contributed by atoms with Crippen LogP contribution in [-0.2, 0) is 38.0 Å². The summed E-state index contributed by atoms with van der Waals surface area (Å²) in [5, 5.41) is 9.29. The molecule has 21 heteroatoms. The molecule has 0 radical (unpaired) electrons. The van der Waals surface area contributed by atoms with Gasteiger partial charge >= 0.3 is 6.16 Å². The lowest BCUT2D eigenvalue weighted by atomic mass is 9.53. The van der Waals surface area contributed by atoms with E-state index in [-0.39, 0.29) is 60.7 Å². The highest BCUT2D eigenvalue weighted by molar-refractivity contribution is 6.31. The Hall–Kier alpha value is -6.34. The van der Waals surface area contributed by atoms with Crippen molar-refractivity contribution >= 4 is 58.7 Å². The SMILES string of the molecule is CC1(C)CC(C)(C)C1Oc1ccc(C#N)c(Cl)c1.COCCOCCOCCOCCOC(=O)OCN1C(=O)CCC(N2C(=O)c3ccc(N4CCN(CC5CCN(c6ccc(C(N)=O)cc6)CC5)CC4)cc3C2=O)C1=O. The molecule has 0 spiro atoms. The van der Waals surface area contributed by atoms with Crippen LogP contribution in [0.25, 0.3) is 0 Å². The van der Waals surface area contributed by atoms with Gasteiger partial charge in [-0.1, -0.05) is 39.3 Å². The number of hydrogen-bond acceptors (Lipinski definition) is 17. The summed E-state index contributed by atoms with van der Waals surface area (Å²) in [7, 11) is 1.60.